The van der Waals surface area contributed by atoms with Crippen LogP contribution in [0.4, 0.5) is 0 Å². The summed E-state index contributed by atoms with van der Waals surface area (Å²) in [6.45, 7) is 0. The highest BCUT2D eigenvalue weighted by atomic mass is 35.5. The van der Waals surface area contributed by atoms with E-state index in [-0.39, 0.29) is 6.04 Å². The third kappa shape index (κ3) is 2.64. The highest BCUT2D eigenvalue weighted by Gasteiger charge is 2.24. The van der Waals surface area contributed by atoms with E-state index in [1.807, 2.05) is 18.2 Å². The summed E-state index contributed by atoms with van der Waals surface area (Å²) in [4.78, 5) is 0. The summed E-state index contributed by atoms with van der Waals surface area (Å²) in [7, 11) is 1.62. The molecule has 0 heterocycles. The molecular weight excluding hydrogens is 210 g/mol. The molecule has 1 aliphatic rings. The maximum atomic E-state index is 6.11. The van der Waals surface area contributed by atoms with Crippen molar-refractivity contribution in [3.05, 3.63) is 28.8 Å². The highest BCUT2D eigenvalue weighted by molar-refractivity contribution is 6.32. The number of rotatable bonds is 4. The average Bonchev–Trinajstić information content (AvgIpc) is 3.02. The number of hydrogen-bond donors (Lipinski definition) is 1. The van der Waals surface area contributed by atoms with Crippen molar-refractivity contribution >= 4 is 11.6 Å². The molecule has 0 amide bonds. The lowest BCUT2D eigenvalue weighted by Gasteiger charge is -2.13. The molecule has 0 radical (unpaired) electrons. The minimum absolute atomic E-state index is 0.115. The van der Waals surface area contributed by atoms with Gasteiger partial charge in [0.05, 0.1) is 12.1 Å². The van der Waals surface area contributed by atoms with E-state index in [2.05, 4.69) is 0 Å². The van der Waals surface area contributed by atoms with Gasteiger partial charge in [-0.2, -0.15) is 0 Å². The second-order valence-electron chi connectivity index (χ2n) is 4.18. The number of halogens is 1. The second kappa shape index (κ2) is 4.42. The first kappa shape index (κ1) is 10.8. The molecule has 2 N–H and O–H groups in total. The summed E-state index contributed by atoms with van der Waals surface area (Å²) in [5, 5.41) is 0.639. The predicted octanol–water partition coefficient (Wildman–Crippen LogP) is 3.15. The van der Waals surface area contributed by atoms with Crippen LogP contribution in [0.15, 0.2) is 18.2 Å². The molecule has 2 nitrogen and oxygen atoms in total. The first-order valence-corrected chi connectivity index (χ1v) is 5.67. The van der Waals surface area contributed by atoms with Crippen molar-refractivity contribution < 1.29 is 4.74 Å². The van der Waals surface area contributed by atoms with Gasteiger partial charge in [-0.3, -0.25) is 0 Å². The van der Waals surface area contributed by atoms with Crippen LogP contribution in [0.1, 0.15) is 30.9 Å². The van der Waals surface area contributed by atoms with E-state index in [0.717, 1.165) is 17.9 Å². The molecule has 1 aromatic rings. The van der Waals surface area contributed by atoms with E-state index in [1.165, 1.54) is 12.8 Å². The fraction of sp³-hybridized carbons (Fsp3) is 0.500. The zero-order chi connectivity index (χ0) is 10.8. The van der Waals surface area contributed by atoms with Gasteiger partial charge in [-0.05, 0) is 30.0 Å². The molecule has 1 saturated carbocycles. The fourth-order valence-electron chi connectivity index (χ4n) is 1.76. The highest BCUT2D eigenvalue weighted by Crippen LogP contribution is 2.37. The molecule has 1 aromatic carbocycles. The van der Waals surface area contributed by atoms with E-state index in [0.29, 0.717) is 10.8 Å². The standard InChI is InChI=1S/C12H16ClNO/c1-15-12-7-9(4-5-10(12)13)11(14)6-8-2-3-8/h4-5,7-8,11H,2-3,6,14H2,1H3/t11-/m1/s1. The topological polar surface area (TPSA) is 35.2 Å². The summed E-state index contributed by atoms with van der Waals surface area (Å²) in [5.41, 5.74) is 7.22. The van der Waals surface area contributed by atoms with Gasteiger partial charge in [0.2, 0.25) is 0 Å². The van der Waals surface area contributed by atoms with Crippen LogP contribution >= 0.6 is 11.6 Å². The van der Waals surface area contributed by atoms with Gasteiger partial charge in [-0.25, -0.2) is 0 Å². The van der Waals surface area contributed by atoms with Crippen molar-refractivity contribution in [3.63, 3.8) is 0 Å². The molecule has 0 unspecified atom stereocenters. The Morgan fingerprint density at radius 1 is 1.53 bits per heavy atom. The van der Waals surface area contributed by atoms with Crippen molar-refractivity contribution in [2.24, 2.45) is 11.7 Å². The Labute approximate surface area is 95.4 Å². The Hall–Kier alpha value is -0.730. The van der Waals surface area contributed by atoms with Crippen LogP contribution in [0, 0.1) is 5.92 Å². The Kier molecular flexibility index (Phi) is 3.17. The number of methoxy groups -OCH3 is 1. The van der Waals surface area contributed by atoms with Gasteiger partial charge in [-0.1, -0.05) is 30.5 Å². The van der Waals surface area contributed by atoms with Gasteiger partial charge in [-0.15, -0.1) is 0 Å². The summed E-state index contributed by atoms with van der Waals surface area (Å²) in [6, 6.07) is 5.89. The smallest absolute Gasteiger partial charge is 0.137 e. The SMILES string of the molecule is COc1cc([C@H](N)CC2CC2)ccc1Cl. The molecular formula is C12H16ClNO. The van der Waals surface area contributed by atoms with Gasteiger partial charge in [0.1, 0.15) is 5.75 Å². The third-order valence-corrected chi connectivity index (χ3v) is 3.20. The normalized spacial score (nSPS) is 17.5. The monoisotopic (exact) mass is 225 g/mol. The molecule has 1 atom stereocenters. The largest absolute Gasteiger partial charge is 0.495 e. The summed E-state index contributed by atoms with van der Waals surface area (Å²) in [5.74, 6) is 1.54. The lowest BCUT2D eigenvalue weighted by molar-refractivity contribution is 0.413. The van der Waals surface area contributed by atoms with Gasteiger partial charge in [0.25, 0.3) is 0 Å². The molecule has 0 saturated heterocycles. The van der Waals surface area contributed by atoms with E-state index in [1.54, 1.807) is 7.11 Å². The molecule has 1 aliphatic carbocycles. The van der Waals surface area contributed by atoms with E-state index < -0.39 is 0 Å². The van der Waals surface area contributed by atoms with Crippen molar-refractivity contribution in [2.45, 2.75) is 25.3 Å². The Morgan fingerprint density at radius 3 is 2.87 bits per heavy atom. The fourth-order valence-corrected chi connectivity index (χ4v) is 1.95. The van der Waals surface area contributed by atoms with E-state index in [4.69, 9.17) is 22.1 Å². The van der Waals surface area contributed by atoms with Crippen LogP contribution in [0.2, 0.25) is 5.02 Å². The zero-order valence-electron chi connectivity index (χ0n) is 8.87. The predicted molar refractivity (Wildman–Crippen MR) is 62.3 cm³/mol. The quantitative estimate of drug-likeness (QED) is 0.855. The minimum Gasteiger partial charge on any atom is -0.495 e. The molecule has 2 rings (SSSR count). The van der Waals surface area contributed by atoms with Crippen molar-refractivity contribution in [3.8, 4) is 5.75 Å². The molecule has 0 aliphatic heterocycles. The van der Waals surface area contributed by atoms with Gasteiger partial charge >= 0.3 is 0 Å². The molecule has 0 spiro atoms. The Morgan fingerprint density at radius 2 is 2.27 bits per heavy atom. The molecule has 1 fully saturated rings. The Bertz CT molecular complexity index is 349. The lowest BCUT2D eigenvalue weighted by atomic mass is 10.0. The second-order valence-corrected chi connectivity index (χ2v) is 4.59. The first-order valence-electron chi connectivity index (χ1n) is 5.29. The maximum absolute atomic E-state index is 6.11. The van der Waals surface area contributed by atoms with Crippen LogP contribution in [0.5, 0.6) is 5.75 Å². The van der Waals surface area contributed by atoms with E-state index >= 15 is 0 Å². The third-order valence-electron chi connectivity index (χ3n) is 2.89. The van der Waals surface area contributed by atoms with Crippen LogP contribution in [0.25, 0.3) is 0 Å². The van der Waals surface area contributed by atoms with Crippen molar-refractivity contribution in [1.82, 2.24) is 0 Å². The van der Waals surface area contributed by atoms with Gasteiger partial charge in [0, 0.05) is 6.04 Å². The molecule has 15 heavy (non-hydrogen) atoms. The molecule has 0 aromatic heterocycles. The van der Waals surface area contributed by atoms with Crippen LogP contribution in [0.3, 0.4) is 0 Å². The summed E-state index contributed by atoms with van der Waals surface area (Å²) < 4.78 is 5.17. The van der Waals surface area contributed by atoms with Gasteiger partial charge < -0.3 is 10.5 Å². The lowest BCUT2D eigenvalue weighted by Crippen LogP contribution is -2.11. The maximum Gasteiger partial charge on any atom is 0.137 e. The number of hydrogen-bond acceptors (Lipinski definition) is 2. The number of nitrogens with two attached hydrogens (primary N) is 1. The van der Waals surface area contributed by atoms with Crippen LogP contribution < -0.4 is 10.5 Å². The average molecular weight is 226 g/mol. The van der Waals surface area contributed by atoms with Crippen molar-refractivity contribution in [2.75, 3.05) is 7.11 Å². The molecule has 82 valence electrons. The first-order chi connectivity index (χ1) is 7.20. The minimum atomic E-state index is 0.115. The van der Waals surface area contributed by atoms with E-state index in [9.17, 15) is 0 Å². The van der Waals surface area contributed by atoms with Gasteiger partial charge in [0.15, 0.2) is 0 Å². The summed E-state index contributed by atoms with van der Waals surface area (Å²) in [6.07, 6.45) is 3.74. The van der Waals surface area contributed by atoms with Crippen LogP contribution in [-0.2, 0) is 0 Å². The van der Waals surface area contributed by atoms with Crippen LogP contribution in [-0.4, -0.2) is 7.11 Å². The molecule has 0 bridgehead atoms. The number of benzene rings is 1. The molecule has 3 heteroatoms. The van der Waals surface area contributed by atoms with Crippen molar-refractivity contribution in [1.29, 1.82) is 0 Å². The number of ether oxygens (including phenoxy) is 1. The Balaban J connectivity index is 2.12. The summed E-state index contributed by atoms with van der Waals surface area (Å²) >= 11 is 5.95. The zero-order valence-corrected chi connectivity index (χ0v) is 9.63.